The molecule has 0 fully saturated rings. The summed E-state index contributed by atoms with van der Waals surface area (Å²) in [4.78, 5) is 0. The summed E-state index contributed by atoms with van der Waals surface area (Å²) in [5.41, 5.74) is 7.52. The maximum Gasteiger partial charge on any atom is 0.230 e. The Balaban J connectivity index is 2.27. The summed E-state index contributed by atoms with van der Waals surface area (Å²) in [6.07, 6.45) is 0. The van der Waals surface area contributed by atoms with E-state index in [1.54, 1.807) is 30.3 Å². The third-order valence-corrected chi connectivity index (χ3v) is 3.24. The molecule has 0 unspecified atom stereocenters. The highest BCUT2D eigenvalue weighted by Crippen LogP contribution is 2.38. The summed E-state index contributed by atoms with van der Waals surface area (Å²) < 4.78 is 33.0. The van der Waals surface area contributed by atoms with Gasteiger partial charge in [0.2, 0.25) is 5.88 Å². The van der Waals surface area contributed by atoms with Gasteiger partial charge in [0.05, 0.1) is 5.56 Å². The monoisotopic (exact) mass is 286 g/mol. The summed E-state index contributed by atoms with van der Waals surface area (Å²) in [5.74, 6) is -0.982. The molecule has 1 heterocycles. The summed E-state index contributed by atoms with van der Waals surface area (Å²) >= 11 is 0. The van der Waals surface area contributed by atoms with Crippen molar-refractivity contribution in [2.24, 2.45) is 0 Å². The van der Waals surface area contributed by atoms with Crippen molar-refractivity contribution in [1.82, 2.24) is 5.16 Å². The van der Waals surface area contributed by atoms with Gasteiger partial charge < -0.3 is 10.3 Å². The minimum absolute atomic E-state index is 0.0454. The first-order valence-corrected chi connectivity index (χ1v) is 6.34. The largest absolute Gasteiger partial charge is 0.367 e. The molecule has 2 aromatic carbocycles. The first kappa shape index (κ1) is 13.3. The van der Waals surface area contributed by atoms with Crippen LogP contribution in [0.3, 0.4) is 0 Å². The van der Waals surface area contributed by atoms with Gasteiger partial charge in [-0.1, -0.05) is 35.0 Å². The zero-order valence-electron chi connectivity index (χ0n) is 11.2. The maximum absolute atomic E-state index is 14.0. The predicted molar refractivity (Wildman–Crippen MR) is 76.4 cm³/mol. The molecule has 0 radical (unpaired) electrons. The fourth-order valence-corrected chi connectivity index (χ4v) is 2.23. The van der Waals surface area contributed by atoms with Gasteiger partial charge in [0.25, 0.3) is 0 Å². The van der Waals surface area contributed by atoms with Gasteiger partial charge in [-0.15, -0.1) is 0 Å². The van der Waals surface area contributed by atoms with E-state index in [9.17, 15) is 8.78 Å². The van der Waals surface area contributed by atoms with Gasteiger partial charge in [0.15, 0.2) is 0 Å². The molecular formula is C16H12F2N2O. The van der Waals surface area contributed by atoms with E-state index in [2.05, 4.69) is 5.16 Å². The number of aryl methyl sites for hydroxylation is 1. The molecule has 3 aromatic rings. The number of nitrogens with two attached hydrogens (primary N) is 1. The van der Waals surface area contributed by atoms with Crippen molar-refractivity contribution >= 4 is 5.88 Å². The molecular weight excluding hydrogens is 274 g/mol. The molecule has 1 aromatic heterocycles. The molecule has 0 atom stereocenters. The van der Waals surface area contributed by atoms with E-state index < -0.39 is 11.6 Å². The molecule has 0 aliphatic carbocycles. The lowest BCUT2D eigenvalue weighted by Gasteiger charge is -2.06. The smallest absolute Gasteiger partial charge is 0.230 e. The molecule has 0 aliphatic rings. The first-order valence-electron chi connectivity index (χ1n) is 6.34. The molecule has 106 valence electrons. The summed E-state index contributed by atoms with van der Waals surface area (Å²) in [5, 5.41) is 3.80. The molecule has 0 saturated carbocycles. The summed E-state index contributed by atoms with van der Waals surface area (Å²) in [7, 11) is 0. The van der Waals surface area contributed by atoms with Gasteiger partial charge in [0, 0.05) is 11.1 Å². The van der Waals surface area contributed by atoms with Crippen molar-refractivity contribution in [2.45, 2.75) is 6.92 Å². The predicted octanol–water partition coefficient (Wildman–Crippen LogP) is 4.18. The Bertz CT molecular complexity index is 812. The lowest BCUT2D eigenvalue weighted by Crippen LogP contribution is -1.92. The van der Waals surface area contributed by atoms with Gasteiger partial charge in [-0.2, -0.15) is 0 Å². The van der Waals surface area contributed by atoms with Gasteiger partial charge in [-0.25, -0.2) is 8.78 Å². The Morgan fingerprint density at radius 1 is 1.00 bits per heavy atom. The second kappa shape index (κ2) is 5.01. The molecule has 0 saturated heterocycles. The number of hydrogen-bond acceptors (Lipinski definition) is 3. The van der Waals surface area contributed by atoms with E-state index in [0.717, 1.165) is 5.56 Å². The molecule has 0 spiro atoms. The van der Waals surface area contributed by atoms with E-state index in [4.69, 9.17) is 10.3 Å². The molecule has 5 heteroatoms. The van der Waals surface area contributed by atoms with Crippen LogP contribution >= 0.6 is 0 Å². The minimum Gasteiger partial charge on any atom is -0.367 e. The van der Waals surface area contributed by atoms with E-state index in [-0.39, 0.29) is 28.3 Å². The molecule has 0 bridgehead atoms. The molecule has 21 heavy (non-hydrogen) atoms. The van der Waals surface area contributed by atoms with Gasteiger partial charge >= 0.3 is 0 Å². The van der Waals surface area contributed by atoms with E-state index >= 15 is 0 Å². The average molecular weight is 286 g/mol. The van der Waals surface area contributed by atoms with Crippen LogP contribution < -0.4 is 5.73 Å². The van der Waals surface area contributed by atoms with Crippen LogP contribution in [-0.2, 0) is 0 Å². The molecule has 0 amide bonds. The number of aromatic nitrogens is 1. The Morgan fingerprint density at radius 3 is 2.48 bits per heavy atom. The number of halogens is 2. The summed E-state index contributed by atoms with van der Waals surface area (Å²) in [6, 6.07) is 10.7. The Labute approximate surface area is 120 Å². The van der Waals surface area contributed by atoms with Crippen LogP contribution in [0, 0.1) is 18.6 Å². The van der Waals surface area contributed by atoms with Gasteiger partial charge in [-0.3, -0.25) is 0 Å². The van der Waals surface area contributed by atoms with Crippen molar-refractivity contribution < 1.29 is 13.3 Å². The van der Waals surface area contributed by atoms with Crippen molar-refractivity contribution in [3.63, 3.8) is 0 Å². The number of nitrogens with zero attached hydrogens (tertiary/aromatic N) is 1. The van der Waals surface area contributed by atoms with Gasteiger partial charge in [0.1, 0.15) is 17.3 Å². The molecule has 0 aliphatic heterocycles. The average Bonchev–Trinajstić information content (AvgIpc) is 2.84. The quantitative estimate of drug-likeness (QED) is 0.769. The van der Waals surface area contributed by atoms with Crippen molar-refractivity contribution in [3.8, 4) is 22.4 Å². The number of anilines is 1. The van der Waals surface area contributed by atoms with Crippen LogP contribution in [0.1, 0.15) is 5.56 Å². The Morgan fingerprint density at radius 2 is 1.71 bits per heavy atom. The van der Waals surface area contributed by atoms with Crippen LogP contribution in [0.15, 0.2) is 47.0 Å². The highest BCUT2D eigenvalue weighted by Gasteiger charge is 2.22. The number of nitrogen functional groups attached to an aromatic ring is 1. The van der Waals surface area contributed by atoms with Crippen LogP contribution in [0.5, 0.6) is 0 Å². The molecule has 3 nitrogen and oxygen atoms in total. The standard InChI is InChI=1S/C16H12F2N2O/c1-9-6-7-13(18)11(8-9)15-14(16(19)21-20-15)10-4-2-3-5-12(10)17/h2-8H,19H2,1H3. The maximum atomic E-state index is 14.0. The second-order valence-electron chi connectivity index (χ2n) is 4.73. The van der Waals surface area contributed by atoms with Crippen LogP contribution in [0.25, 0.3) is 22.4 Å². The number of rotatable bonds is 2. The highest BCUT2D eigenvalue weighted by molar-refractivity contribution is 5.87. The minimum atomic E-state index is -0.471. The normalized spacial score (nSPS) is 10.8. The fourth-order valence-electron chi connectivity index (χ4n) is 2.23. The van der Waals surface area contributed by atoms with Crippen molar-refractivity contribution in [1.29, 1.82) is 0 Å². The first-order chi connectivity index (χ1) is 10.1. The summed E-state index contributed by atoms with van der Waals surface area (Å²) in [6.45, 7) is 1.83. The lowest BCUT2D eigenvalue weighted by molar-refractivity contribution is 0.439. The van der Waals surface area contributed by atoms with Crippen molar-refractivity contribution in [2.75, 3.05) is 5.73 Å². The lowest BCUT2D eigenvalue weighted by atomic mass is 9.99. The Hall–Kier alpha value is -2.69. The molecule has 2 N–H and O–H groups in total. The van der Waals surface area contributed by atoms with Crippen LogP contribution in [0.4, 0.5) is 14.7 Å². The van der Waals surface area contributed by atoms with Crippen LogP contribution in [-0.4, -0.2) is 5.16 Å². The van der Waals surface area contributed by atoms with E-state index in [1.807, 2.05) is 6.92 Å². The third kappa shape index (κ3) is 2.27. The zero-order valence-corrected chi connectivity index (χ0v) is 11.2. The SMILES string of the molecule is Cc1ccc(F)c(-c2noc(N)c2-c2ccccc2F)c1. The van der Waals surface area contributed by atoms with Crippen LogP contribution in [0.2, 0.25) is 0 Å². The zero-order chi connectivity index (χ0) is 15.0. The second-order valence-corrected chi connectivity index (χ2v) is 4.73. The molecule has 3 rings (SSSR count). The van der Waals surface area contributed by atoms with Gasteiger partial charge in [-0.05, 0) is 25.1 Å². The Kier molecular flexibility index (Phi) is 3.17. The van der Waals surface area contributed by atoms with Crippen molar-refractivity contribution in [3.05, 3.63) is 59.7 Å². The highest BCUT2D eigenvalue weighted by atomic mass is 19.1. The third-order valence-electron chi connectivity index (χ3n) is 3.24. The van der Waals surface area contributed by atoms with E-state index in [1.165, 1.54) is 12.1 Å². The fraction of sp³-hybridized carbons (Fsp3) is 0.0625. The topological polar surface area (TPSA) is 52.0 Å². The van der Waals surface area contributed by atoms with E-state index in [0.29, 0.717) is 0 Å². The number of hydrogen-bond donors (Lipinski definition) is 1. The number of benzene rings is 2.